The summed E-state index contributed by atoms with van der Waals surface area (Å²) in [5.74, 6) is 0.534. The number of aliphatic imine (C=N–C) groups is 1. The van der Waals surface area contributed by atoms with E-state index in [1.165, 1.54) is 15.9 Å². The fraction of sp³-hybridized carbons (Fsp3) is 0.611. The molecule has 2 aromatic heterocycles. The average Bonchev–Trinajstić information content (AvgIpc) is 3.10. The molecule has 1 fully saturated rings. The van der Waals surface area contributed by atoms with E-state index in [2.05, 4.69) is 4.99 Å². The van der Waals surface area contributed by atoms with Crippen LogP contribution in [0.3, 0.4) is 0 Å². The highest BCUT2D eigenvalue weighted by Gasteiger charge is 2.26. The number of rotatable bonds is 5. The Balaban J connectivity index is 1.88. The van der Waals surface area contributed by atoms with Gasteiger partial charge >= 0.3 is 5.69 Å². The van der Waals surface area contributed by atoms with Crippen LogP contribution in [-0.4, -0.2) is 45.8 Å². The second-order valence-corrected chi connectivity index (χ2v) is 8.52. The van der Waals surface area contributed by atoms with E-state index in [1.54, 1.807) is 4.57 Å². The first-order chi connectivity index (χ1) is 12.9. The van der Waals surface area contributed by atoms with Crippen LogP contribution < -0.4 is 17.0 Å². The minimum absolute atomic E-state index is 0.0382. The predicted octanol–water partition coefficient (Wildman–Crippen LogP) is 1.03. The molecule has 1 atom stereocenters. The average molecular weight is 391 g/mol. The second-order valence-electron chi connectivity index (χ2n) is 7.44. The first-order valence-corrected chi connectivity index (χ1v) is 10.1. The Bertz CT molecular complexity index is 1030. The lowest BCUT2D eigenvalue weighted by Gasteiger charge is -2.27. The van der Waals surface area contributed by atoms with Crippen molar-refractivity contribution in [2.45, 2.75) is 52.4 Å². The predicted molar refractivity (Wildman–Crippen MR) is 107 cm³/mol. The monoisotopic (exact) mass is 391 g/mol. The highest BCUT2D eigenvalue weighted by Crippen LogP contribution is 2.30. The molecular weight excluding hydrogens is 366 g/mol. The summed E-state index contributed by atoms with van der Waals surface area (Å²) in [6.45, 7) is 8.97. The lowest BCUT2D eigenvalue weighted by Crippen LogP contribution is -2.44. The molecule has 2 aliphatic heterocycles. The third kappa shape index (κ3) is 2.98. The molecule has 27 heavy (non-hydrogen) atoms. The maximum atomic E-state index is 13.1. The summed E-state index contributed by atoms with van der Waals surface area (Å²) in [4.78, 5) is 34.2. The lowest BCUT2D eigenvalue weighted by atomic mass is 10.1. The van der Waals surface area contributed by atoms with Crippen molar-refractivity contribution in [3.05, 3.63) is 31.3 Å². The topological polar surface area (TPSA) is 94.9 Å². The normalized spacial score (nSPS) is 19.8. The molecule has 8 nitrogen and oxygen atoms in total. The van der Waals surface area contributed by atoms with E-state index in [0.29, 0.717) is 31.0 Å². The number of thiophene rings is 1. The van der Waals surface area contributed by atoms with Crippen LogP contribution in [0.25, 0.3) is 10.2 Å². The first-order valence-electron chi connectivity index (χ1n) is 9.32. The maximum Gasteiger partial charge on any atom is 0.332 e. The van der Waals surface area contributed by atoms with Crippen molar-refractivity contribution < 1.29 is 4.74 Å². The van der Waals surface area contributed by atoms with E-state index >= 15 is 0 Å². The van der Waals surface area contributed by atoms with Crippen molar-refractivity contribution in [1.82, 2.24) is 14.0 Å². The molecule has 4 heterocycles. The van der Waals surface area contributed by atoms with Gasteiger partial charge in [-0.05, 0) is 32.8 Å². The zero-order valence-electron chi connectivity index (χ0n) is 15.9. The fourth-order valence-corrected chi connectivity index (χ4v) is 4.96. The third-order valence-electron chi connectivity index (χ3n) is 5.34. The highest BCUT2D eigenvalue weighted by atomic mass is 32.1. The van der Waals surface area contributed by atoms with Crippen LogP contribution in [-0.2, 0) is 17.8 Å². The summed E-state index contributed by atoms with van der Waals surface area (Å²) in [5.41, 5.74) is 6.42. The number of aromatic nitrogens is 2. The molecular formula is C18H25N5O3S. The van der Waals surface area contributed by atoms with Crippen LogP contribution in [0, 0.1) is 6.92 Å². The number of fused-ring (bicyclic) bond motifs is 1. The van der Waals surface area contributed by atoms with Gasteiger partial charge in [0, 0.05) is 24.1 Å². The van der Waals surface area contributed by atoms with Gasteiger partial charge in [-0.25, -0.2) is 4.79 Å². The number of hydrogen-bond acceptors (Lipinski definition) is 7. The quantitative estimate of drug-likeness (QED) is 0.822. The molecule has 0 aliphatic carbocycles. The lowest BCUT2D eigenvalue weighted by molar-refractivity contribution is -0.0593. The van der Waals surface area contributed by atoms with Gasteiger partial charge in [-0.3, -0.25) is 18.9 Å². The summed E-state index contributed by atoms with van der Waals surface area (Å²) < 4.78 is 8.63. The molecule has 4 rings (SSSR count). The molecule has 2 aliphatic rings. The van der Waals surface area contributed by atoms with E-state index in [9.17, 15) is 9.59 Å². The number of ether oxygens (including phenoxy) is 1. The van der Waals surface area contributed by atoms with Gasteiger partial charge < -0.3 is 15.4 Å². The Labute approximate surface area is 160 Å². The highest BCUT2D eigenvalue weighted by molar-refractivity contribution is 7.18. The minimum atomic E-state index is -0.256. The molecule has 0 amide bonds. The minimum Gasteiger partial charge on any atom is -0.376 e. The molecule has 0 saturated carbocycles. The van der Waals surface area contributed by atoms with Gasteiger partial charge in [-0.2, -0.15) is 0 Å². The van der Waals surface area contributed by atoms with Crippen LogP contribution in [0.2, 0.25) is 0 Å². The number of nitrogens with zero attached hydrogens (tertiary/aromatic N) is 4. The zero-order chi connectivity index (χ0) is 19.3. The summed E-state index contributed by atoms with van der Waals surface area (Å²) in [7, 11) is 0. The van der Waals surface area contributed by atoms with Gasteiger partial charge in [0.05, 0.1) is 31.1 Å². The molecule has 9 heteroatoms. The molecule has 1 unspecified atom stereocenters. The first kappa shape index (κ1) is 18.2. The van der Waals surface area contributed by atoms with Gasteiger partial charge in [-0.15, -0.1) is 11.3 Å². The number of guanidine groups is 1. The van der Waals surface area contributed by atoms with Gasteiger partial charge in [0.25, 0.3) is 5.56 Å². The number of aryl methyl sites for hydroxylation is 1. The summed E-state index contributed by atoms with van der Waals surface area (Å²) in [6, 6.07) is -0.202. The largest absolute Gasteiger partial charge is 0.376 e. The molecule has 0 aromatic carbocycles. The van der Waals surface area contributed by atoms with Gasteiger partial charge in [0.2, 0.25) is 0 Å². The van der Waals surface area contributed by atoms with Gasteiger partial charge in [0.15, 0.2) is 5.96 Å². The van der Waals surface area contributed by atoms with Crippen molar-refractivity contribution >= 4 is 27.5 Å². The van der Waals surface area contributed by atoms with Crippen molar-refractivity contribution in [1.29, 1.82) is 0 Å². The van der Waals surface area contributed by atoms with Gasteiger partial charge in [0.1, 0.15) is 4.83 Å². The van der Waals surface area contributed by atoms with Crippen molar-refractivity contribution in [2.75, 3.05) is 19.7 Å². The van der Waals surface area contributed by atoms with Crippen LogP contribution in [0.4, 0.5) is 0 Å². The Morgan fingerprint density at radius 1 is 1.37 bits per heavy atom. The molecule has 146 valence electrons. The third-order valence-corrected chi connectivity index (χ3v) is 6.64. The van der Waals surface area contributed by atoms with E-state index < -0.39 is 0 Å². The number of nitrogens with two attached hydrogens (primary N) is 1. The van der Waals surface area contributed by atoms with Crippen molar-refractivity contribution in [2.24, 2.45) is 10.7 Å². The SMILES string of the molecule is Cc1c(CN2CCN=C2N)sc2c1c(=O)n(C(C)C)c(=O)n2CC1CCO1. The van der Waals surface area contributed by atoms with Crippen molar-refractivity contribution in [3.8, 4) is 0 Å². The molecule has 2 N–H and O–H groups in total. The van der Waals surface area contributed by atoms with E-state index in [-0.39, 0.29) is 23.4 Å². The fourth-order valence-electron chi connectivity index (χ4n) is 3.64. The molecule has 0 radical (unpaired) electrons. The Morgan fingerprint density at radius 3 is 2.67 bits per heavy atom. The summed E-state index contributed by atoms with van der Waals surface area (Å²) >= 11 is 1.51. The standard InChI is InChI=1S/C18H25N5O3S/c1-10(2)23-15(24)14-11(3)13(9-21-6-5-20-17(21)19)27-16(14)22(18(23)25)8-12-4-7-26-12/h10,12H,4-9H2,1-3H3,(H2,19,20). The molecule has 1 saturated heterocycles. The van der Waals surface area contributed by atoms with Crippen LogP contribution in [0.5, 0.6) is 0 Å². The Kier molecular flexibility index (Phi) is 4.59. The summed E-state index contributed by atoms with van der Waals surface area (Å²) in [5, 5.41) is 0.636. The maximum absolute atomic E-state index is 13.1. The molecule has 0 bridgehead atoms. The Morgan fingerprint density at radius 2 is 2.11 bits per heavy atom. The Hall–Kier alpha value is -2.13. The van der Waals surface area contributed by atoms with Crippen LogP contribution >= 0.6 is 11.3 Å². The zero-order valence-corrected chi connectivity index (χ0v) is 16.7. The smallest absolute Gasteiger partial charge is 0.332 e. The van der Waals surface area contributed by atoms with Crippen molar-refractivity contribution in [3.63, 3.8) is 0 Å². The molecule has 2 aromatic rings. The van der Waals surface area contributed by atoms with Gasteiger partial charge in [-0.1, -0.05) is 0 Å². The van der Waals surface area contributed by atoms with Crippen LogP contribution in [0.15, 0.2) is 14.6 Å². The second kappa shape index (κ2) is 6.79. The molecule has 0 spiro atoms. The number of hydrogen-bond donors (Lipinski definition) is 1. The van der Waals surface area contributed by atoms with Crippen LogP contribution in [0.1, 0.15) is 36.8 Å². The van der Waals surface area contributed by atoms with E-state index in [4.69, 9.17) is 10.5 Å². The summed E-state index contributed by atoms with van der Waals surface area (Å²) in [6.07, 6.45) is 0.975. The van der Waals surface area contributed by atoms with E-state index in [0.717, 1.165) is 34.8 Å². The van der Waals surface area contributed by atoms with E-state index in [1.807, 2.05) is 25.7 Å².